The highest BCUT2D eigenvalue weighted by atomic mass is 19.1. The van der Waals surface area contributed by atoms with Gasteiger partial charge in [0.05, 0.1) is 0 Å². The van der Waals surface area contributed by atoms with E-state index in [0.717, 1.165) is 18.9 Å². The molecule has 0 aliphatic heterocycles. The van der Waals surface area contributed by atoms with E-state index in [1.54, 1.807) is 13.0 Å². The molecule has 0 spiro atoms. The standard InChI is InChI=1S/C12H17F2N.C2H6/c1-8-6-10(5-3-4-9(2)15)12(14)7-11(8)13;1-2/h6-7,9H,3-5,15H2,1-2H3;1-2H3/t9-;/m0./s1. The molecule has 98 valence electrons. The molecule has 1 aromatic rings. The second kappa shape index (κ2) is 8.18. The van der Waals surface area contributed by atoms with Crippen LogP contribution in [-0.4, -0.2) is 6.04 Å². The number of aryl methyl sites for hydroxylation is 2. The van der Waals surface area contributed by atoms with Crippen molar-refractivity contribution in [3.63, 3.8) is 0 Å². The Balaban J connectivity index is 0.00000121. The van der Waals surface area contributed by atoms with Crippen molar-refractivity contribution >= 4 is 0 Å². The molecule has 1 rings (SSSR count). The third-order valence-electron chi connectivity index (χ3n) is 2.43. The molecule has 3 heteroatoms. The van der Waals surface area contributed by atoms with Gasteiger partial charge in [-0.2, -0.15) is 0 Å². The van der Waals surface area contributed by atoms with E-state index in [1.807, 2.05) is 20.8 Å². The third kappa shape index (κ3) is 5.78. The highest BCUT2D eigenvalue weighted by Crippen LogP contribution is 2.16. The first-order valence-electron chi connectivity index (χ1n) is 6.21. The first-order valence-corrected chi connectivity index (χ1v) is 6.21. The second-order valence-corrected chi connectivity index (χ2v) is 4.06. The second-order valence-electron chi connectivity index (χ2n) is 4.06. The lowest BCUT2D eigenvalue weighted by molar-refractivity contribution is 0.556. The molecule has 1 nitrogen and oxygen atoms in total. The summed E-state index contributed by atoms with van der Waals surface area (Å²) in [6.45, 7) is 7.57. The van der Waals surface area contributed by atoms with Crippen LogP contribution >= 0.6 is 0 Å². The summed E-state index contributed by atoms with van der Waals surface area (Å²) in [5, 5.41) is 0. The van der Waals surface area contributed by atoms with Crippen molar-refractivity contribution in [3.05, 3.63) is 34.9 Å². The van der Waals surface area contributed by atoms with Crippen molar-refractivity contribution in [2.45, 2.75) is 53.0 Å². The summed E-state index contributed by atoms with van der Waals surface area (Å²) in [5.41, 5.74) is 6.67. The molecule has 0 amide bonds. The number of benzene rings is 1. The predicted molar refractivity (Wildman–Crippen MR) is 69.0 cm³/mol. The molecule has 17 heavy (non-hydrogen) atoms. The van der Waals surface area contributed by atoms with Gasteiger partial charge < -0.3 is 5.73 Å². The molecular formula is C14H23F2N. The fourth-order valence-electron chi connectivity index (χ4n) is 1.52. The van der Waals surface area contributed by atoms with E-state index in [1.165, 1.54) is 0 Å². The minimum absolute atomic E-state index is 0.134. The van der Waals surface area contributed by atoms with Crippen molar-refractivity contribution in [2.24, 2.45) is 5.73 Å². The molecule has 0 saturated heterocycles. The number of nitrogens with two attached hydrogens (primary N) is 1. The molecule has 0 aliphatic carbocycles. The Morgan fingerprint density at radius 3 is 2.29 bits per heavy atom. The minimum atomic E-state index is -0.483. The molecule has 0 unspecified atom stereocenters. The summed E-state index contributed by atoms with van der Waals surface area (Å²) in [6.07, 6.45) is 2.31. The van der Waals surface area contributed by atoms with Crippen LogP contribution in [0.2, 0.25) is 0 Å². The molecule has 0 saturated carbocycles. The normalized spacial score (nSPS) is 11.7. The zero-order valence-electron chi connectivity index (χ0n) is 11.2. The minimum Gasteiger partial charge on any atom is -0.328 e. The van der Waals surface area contributed by atoms with Crippen LogP contribution in [0.5, 0.6) is 0 Å². The summed E-state index contributed by atoms with van der Waals surface area (Å²) in [5.74, 6) is -0.939. The number of halogens is 2. The van der Waals surface area contributed by atoms with Crippen molar-refractivity contribution in [2.75, 3.05) is 0 Å². The largest absolute Gasteiger partial charge is 0.328 e. The molecule has 0 bridgehead atoms. The number of hydrogen-bond acceptors (Lipinski definition) is 1. The molecule has 2 N–H and O–H groups in total. The van der Waals surface area contributed by atoms with Gasteiger partial charge in [0.25, 0.3) is 0 Å². The van der Waals surface area contributed by atoms with Crippen LogP contribution in [0.3, 0.4) is 0 Å². The van der Waals surface area contributed by atoms with Gasteiger partial charge in [-0.1, -0.05) is 19.9 Å². The Labute approximate surface area is 103 Å². The maximum atomic E-state index is 13.3. The van der Waals surface area contributed by atoms with E-state index in [0.29, 0.717) is 17.5 Å². The van der Waals surface area contributed by atoms with Gasteiger partial charge in [-0.15, -0.1) is 0 Å². The van der Waals surface area contributed by atoms with E-state index < -0.39 is 11.6 Å². The lowest BCUT2D eigenvalue weighted by Gasteiger charge is -2.07. The van der Waals surface area contributed by atoms with Crippen LogP contribution < -0.4 is 5.73 Å². The number of rotatable bonds is 4. The zero-order valence-corrected chi connectivity index (χ0v) is 11.2. The molecule has 1 atom stereocenters. The highest BCUT2D eigenvalue weighted by Gasteiger charge is 2.07. The summed E-state index contributed by atoms with van der Waals surface area (Å²) < 4.78 is 26.2. The van der Waals surface area contributed by atoms with Gasteiger partial charge in [0.1, 0.15) is 11.6 Å². The Morgan fingerprint density at radius 2 is 1.76 bits per heavy atom. The van der Waals surface area contributed by atoms with Crippen LogP contribution in [0.4, 0.5) is 8.78 Å². The molecule has 0 heterocycles. The first-order chi connectivity index (χ1) is 8.00. The van der Waals surface area contributed by atoms with Gasteiger partial charge in [-0.05, 0) is 44.2 Å². The fourth-order valence-corrected chi connectivity index (χ4v) is 1.52. The van der Waals surface area contributed by atoms with E-state index in [-0.39, 0.29) is 6.04 Å². The maximum absolute atomic E-state index is 13.3. The molecule has 0 aliphatic rings. The molecule has 1 aromatic carbocycles. The van der Waals surface area contributed by atoms with Crippen LogP contribution in [0.25, 0.3) is 0 Å². The monoisotopic (exact) mass is 243 g/mol. The molecule has 0 aromatic heterocycles. The van der Waals surface area contributed by atoms with Gasteiger partial charge in [0, 0.05) is 12.1 Å². The smallest absolute Gasteiger partial charge is 0.129 e. The Morgan fingerprint density at radius 1 is 1.18 bits per heavy atom. The van der Waals surface area contributed by atoms with Crippen molar-refractivity contribution in [3.8, 4) is 0 Å². The number of hydrogen-bond donors (Lipinski definition) is 1. The van der Waals surface area contributed by atoms with Crippen LogP contribution in [0.15, 0.2) is 12.1 Å². The predicted octanol–water partition coefficient (Wildman–Crippen LogP) is 3.97. The van der Waals surface area contributed by atoms with Gasteiger partial charge >= 0.3 is 0 Å². The van der Waals surface area contributed by atoms with Crippen LogP contribution in [0.1, 0.15) is 44.7 Å². The van der Waals surface area contributed by atoms with Gasteiger partial charge in [-0.3, -0.25) is 0 Å². The summed E-state index contributed by atoms with van der Waals surface area (Å²) in [4.78, 5) is 0. The highest BCUT2D eigenvalue weighted by molar-refractivity contribution is 5.25. The Hall–Kier alpha value is -0.960. The van der Waals surface area contributed by atoms with E-state index in [2.05, 4.69) is 0 Å². The first kappa shape index (κ1) is 16.0. The third-order valence-corrected chi connectivity index (χ3v) is 2.43. The van der Waals surface area contributed by atoms with Gasteiger partial charge in [0.15, 0.2) is 0 Å². The maximum Gasteiger partial charge on any atom is 0.129 e. The Kier molecular flexibility index (Phi) is 7.72. The van der Waals surface area contributed by atoms with E-state index >= 15 is 0 Å². The van der Waals surface area contributed by atoms with Crippen molar-refractivity contribution in [1.82, 2.24) is 0 Å². The van der Waals surface area contributed by atoms with E-state index in [9.17, 15) is 8.78 Å². The van der Waals surface area contributed by atoms with Crippen molar-refractivity contribution in [1.29, 1.82) is 0 Å². The Bertz CT molecular complexity index is 335. The lowest BCUT2D eigenvalue weighted by Crippen LogP contribution is -2.14. The van der Waals surface area contributed by atoms with Gasteiger partial charge in [0.2, 0.25) is 0 Å². The summed E-state index contributed by atoms with van der Waals surface area (Å²) >= 11 is 0. The average Bonchev–Trinajstić information content (AvgIpc) is 2.28. The molecule has 0 fully saturated rings. The summed E-state index contributed by atoms with van der Waals surface area (Å²) in [6, 6.07) is 2.66. The van der Waals surface area contributed by atoms with Crippen molar-refractivity contribution < 1.29 is 8.78 Å². The zero-order chi connectivity index (χ0) is 13.4. The molecule has 0 radical (unpaired) electrons. The SMILES string of the molecule is CC.Cc1cc(CCC[C@H](C)N)c(F)cc1F. The average molecular weight is 243 g/mol. The van der Waals surface area contributed by atoms with Crippen LogP contribution in [0, 0.1) is 18.6 Å². The topological polar surface area (TPSA) is 26.0 Å². The summed E-state index contributed by atoms with van der Waals surface area (Å²) in [7, 11) is 0. The quantitative estimate of drug-likeness (QED) is 0.850. The van der Waals surface area contributed by atoms with Crippen LogP contribution in [-0.2, 0) is 6.42 Å². The fraction of sp³-hybridized carbons (Fsp3) is 0.571. The molecular weight excluding hydrogens is 220 g/mol. The van der Waals surface area contributed by atoms with E-state index in [4.69, 9.17) is 5.73 Å². The lowest BCUT2D eigenvalue weighted by atomic mass is 10.0. The van der Waals surface area contributed by atoms with Gasteiger partial charge in [-0.25, -0.2) is 8.78 Å².